The summed E-state index contributed by atoms with van der Waals surface area (Å²) in [4.78, 5) is 0. The Morgan fingerprint density at radius 1 is 0.682 bits per heavy atom. The van der Waals surface area contributed by atoms with Crippen LogP contribution in [0.4, 0.5) is 0 Å². The van der Waals surface area contributed by atoms with E-state index in [1.54, 1.807) is 6.07 Å². The Balaban J connectivity index is 1.90. The molecule has 0 saturated heterocycles. The first-order chi connectivity index (χ1) is 10.8. The van der Waals surface area contributed by atoms with Crippen molar-refractivity contribution in [3.8, 4) is 11.5 Å². The van der Waals surface area contributed by atoms with Crippen LogP contribution in [0.15, 0.2) is 18.2 Å². The third kappa shape index (κ3) is 8.67. The SMILES string of the molecule is Oc1cccc(CCCCCCCCCCCCCBr)c1O. The summed E-state index contributed by atoms with van der Waals surface area (Å²) in [6.07, 6.45) is 15.3. The van der Waals surface area contributed by atoms with E-state index in [0.717, 1.165) is 23.7 Å². The number of hydrogen-bond donors (Lipinski definition) is 2. The summed E-state index contributed by atoms with van der Waals surface area (Å²) in [5.41, 5.74) is 0.864. The second-order valence-electron chi connectivity index (χ2n) is 6.11. The Hall–Kier alpha value is -0.700. The van der Waals surface area contributed by atoms with Gasteiger partial charge in [0.2, 0.25) is 0 Å². The molecule has 1 aromatic rings. The van der Waals surface area contributed by atoms with Crippen molar-refractivity contribution in [2.24, 2.45) is 0 Å². The van der Waals surface area contributed by atoms with Crippen LogP contribution in [0.5, 0.6) is 11.5 Å². The van der Waals surface area contributed by atoms with Gasteiger partial charge in [0, 0.05) is 5.33 Å². The zero-order valence-electron chi connectivity index (χ0n) is 13.7. The monoisotopic (exact) mass is 370 g/mol. The molecule has 0 aliphatic rings. The lowest BCUT2D eigenvalue weighted by atomic mass is 10.0. The first-order valence-electron chi connectivity index (χ1n) is 8.81. The molecule has 0 atom stereocenters. The number of unbranched alkanes of at least 4 members (excludes halogenated alkanes) is 10. The number of aromatic hydroxyl groups is 2. The Labute approximate surface area is 144 Å². The van der Waals surface area contributed by atoms with Crippen LogP contribution in [-0.4, -0.2) is 15.5 Å². The molecule has 0 heterocycles. The van der Waals surface area contributed by atoms with Crippen LogP contribution in [0.25, 0.3) is 0 Å². The van der Waals surface area contributed by atoms with Crippen LogP contribution >= 0.6 is 15.9 Å². The Morgan fingerprint density at radius 3 is 1.73 bits per heavy atom. The van der Waals surface area contributed by atoms with Crippen LogP contribution in [0.1, 0.15) is 76.2 Å². The molecule has 0 saturated carbocycles. The molecule has 0 unspecified atom stereocenters. The van der Waals surface area contributed by atoms with E-state index in [2.05, 4.69) is 15.9 Å². The van der Waals surface area contributed by atoms with E-state index in [1.165, 1.54) is 70.3 Å². The predicted octanol–water partition coefficient (Wildman–Crippen LogP) is 6.33. The number of halogens is 1. The van der Waals surface area contributed by atoms with Crippen LogP contribution in [0, 0.1) is 0 Å². The van der Waals surface area contributed by atoms with E-state index < -0.39 is 0 Å². The molecule has 0 fully saturated rings. The molecule has 0 radical (unpaired) electrons. The van der Waals surface area contributed by atoms with Gasteiger partial charge in [0.05, 0.1) is 0 Å². The van der Waals surface area contributed by atoms with E-state index in [1.807, 2.05) is 6.07 Å². The van der Waals surface area contributed by atoms with Gasteiger partial charge in [-0.2, -0.15) is 0 Å². The quantitative estimate of drug-likeness (QED) is 0.242. The average molecular weight is 371 g/mol. The van der Waals surface area contributed by atoms with Gasteiger partial charge < -0.3 is 10.2 Å². The summed E-state index contributed by atoms with van der Waals surface area (Å²) in [7, 11) is 0. The number of aryl methyl sites for hydroxylation is 1. The highest BCUT2D eigenvalue weighted by molar-refractivity contribution is 9.09. The van der Waals surface area contributed by atoms with E-state index in [9.17, 15) is 10.2 Å². The molecule has 22 heavy (non-hydrogen) atoms. The minimum absolute atomic E-state index is 0.00589. The van der Waals surface area contributed by atoms with Crippen molar-refractivity contribution in [3.63, 3.8) is 0 Å². The fourth-order valence-corrected chi connectivity index (χ4v) is 3.18. The summed E-state index contributed by atoms with van der Waals surface area (Å²) in [6.45, 7) is 0. The summed E-state index contributed by atoms with van der Waals surface area (Å²) in [5.74, 6) is 0.0519. The van der Waals surface area contributed by atoms with Crippen LogP contribution in [0.2, 0.25) is 0 Å². The van der Waals surface area contributed by atoms with Gasteiger partial charge in [-0.15, -0.1) is 0 Å². The Bertz CT molecular complexity index is 393. The lowest BCUT2D eigenvalue weighted by molar-refractivity contribution is 0.398. The molecule has 0 aliphatic heterocycles. The van der Waals surface area contributed by atoms with Crippen molar-refractivity contribution in [2.75, 3.05) is 5.33 Å². The van der Waals surface area contributed by atoms with E-state index in [0.29, 0.717) is 0 Å². The number of benzene rings is 1. The average Bonchev–Trinajstić information content (AvgIpc) is 2.52. The molecule has 3 heteroatoms. The van der Waals surface area contributed by atoms with Crippen LogP contribution in [-0.2, 0) is 6.42 Å². The van der Waals surface area contributed by atoms with Crippen molar-refractivity contribution >= 4 is 15.9 Å². The van der Waals surface area contributed by atoms with Crippen LogP contribution < -0.4 is 0 Å². The van der Waals surface area contributed by atoms with Crippen LogP contribution in [0.3, 0.4) is 0 Å². The number of phenols is 2. The zero-order valence-corrected chi connectivity index (χ0v) is 15.3. The van der Waals surface area contributed by atoms with Crippen molar-refractivity contribution in [1.29, 1.82) is 0 Å². The van der Waals surface area contributed by atoms with Gasteiger partial charge in [0.25, 0.3) is 0 Å². The maximum Gasteiger partial charge on any atom is 0.160 e. The third-order valence-electron chi connectivity index (χ3n) is 4.18. The standard InChI is InChI=1S/C19H31BrO2/c20-16-11-9-7-5-3-1-2-4-6-8-10-13-17-14-12-15-18(21)19(17)22/h12,14-15,21-22H,1-11,13,16H2. The fraction of sp³-hybridized carbons (Fsp3) is 0.684. The molecule has 2 N–H and O–H groups in total. The summed E-state index contributed by atoms with van der Waals surface area (Å²) in [6, 6.07) is 5.21. The van der Waals surface area contributed by atoms with Crippen molar-refractivity contribution in [2.45, 2.75) is 77.0 Å². The van der Waals surface area contributed by atoms with E-state index in [4.69, 9.17) is 0 Å². The summed E-state index contributed by atoms with van der Waals surface area (Å²) in [5, 5.41) is 20.3. The molecule has 0 aliphatic carbocycles. The van der Waals surface area contributed by atoms with Gasteiger partial charge in [0.1, 0.15) is 0 Å². The minimum Gasteiger partial charge on any atom is -0.504 e. The minimum atomic E-state index is -0.00589. The molecule has 0 bridgehead atoms. The van der Waals surface area contributed by atoms with Crippen molar-refractivity contribution in [1.82, 2.24) is 0 Å². The highest BCUT2D eigenvalue weighted by atomic mass is 79.9. The van der Waals surface area contributed by atoms with Gasteiger partial charge >= 0.3 is 0 Å². The lowest BCUT2D eigenvalue weighted by Gasteiger charge is -2.06. The van der Waals surface area contributed by atoms with Gasteiger partial charge in [-0.25, -0.2) is 0 Å². The molecule has 0 aromatic heterocycles. The number of phenolic OH excluding ortho intramolecular Hbond substituents is 2. The number of alkyl halides is 1. The van der Waals surface area contributed by atoms with Gasteiger partial charge in [0.15, 0.2) is 11.5 Å². The van der Waals surface area contributed by atoms with E-state index in [-0.39, 0.29) is 11.5 Å². The van der Waals surface area contributed by atoms with Gasteiger partial charge in [-0.3, -0.25) is 0 Å². The number of para-hydroxylation sites is 1. The molecule has 1 rings (SSSR count). The highest BCUT2D eigenvalue weighted by Crippen LogP contribution is 2.29. The van der Waals surface area contributed by atoms with E-state index >= 15 is 0 Å². The molecule has 0 spiro atoms. The van der Waals surface area contributed by atoms with Gasteiger partial charge in [-0.1, -0.05) is 85.9 Å². The number of rotatable bonds is 13. The molecule has 2 nitrogen and oxygen atoms in total. The van der Waals surface area contributed by atoms with Gasteiger partial charge in [-0.05, 0) is 30.9 Å². The maximum atomic E-state index is 9.72. The molecular weight excluding hydrogens is 340 g/mol. The molecular formula is C19H31BrO2. The smallest absolute Gasteiger partial charge is 0.160 e. The molecule has 126 valence electrons. The highest BCUT2D eigenvalue weighted by Gasteiger charge is 2.04. The summed E-state index contributed by atoms with van der Waals surface area (Å²) < 4.78 is 0. The zero-order chi connectivity index (χ0) is 16.0. The largest absolute Gasteiger partial charge is 0.504 e. The van der Waals surface area contributed by atoms with Crippen molar-refractivity contribution in [3.05, 3.63) is 23.8 Å². The summed E-state index contributed by atoms with van der Waals surface area (Å²) >= 11 is 3.47. The van der Waals surface area contributed by atoms with Crippen molar-refractivity contribution < 1.29 is 10.2 Å². The Morgan fingerprint density at radius 2 is 1.18 bits per heavy atom. The first-order valence-corrected chi connectivity index (χ1v) is 9.93. The normalized spacial score (nSPS) is 11.0. The topological polar surface area (TPSA) is 40.5 Å². The second kappa shape index (κ2) is 12.8. The number of hydrogen-bond acceptors (Lipinski definition) is 2. The fourth-order valence-electron chi connectivity index (χ4n) is 2.78. The lowest BCUT2D eigenvalue weighted by Crippen LogP contribution is -1.88. The maximum absolute atomic E-state index is 9.72. The third-order valence-corrected chi connectivity index (χ3v) is 4.74. The predicted molar refractivity (Wildman–Crippen MR) is 98.1 cm³/mol. The first kappa shape index (κ1) is 19.3. The molecule has 0 amide bonds. The Kier molecular flexibility index (Phi) is 11.3. The second-order valence-corrected chi connectivity index (χ2v) is 6.91. The molecule has 1 aromatic carbocycles.